The van der Waals surface area contributed by atoms with Crippen LogP contribution in [0, 0.1) is 0 Å². The fraction of sp³-hybridized carbons (Fsp3) is 0.200. The molecule has 1 aliphatic heterocycles. The molecule has 0 spiro atoms. The van der Waals surface area contributed by atoms with E-state index in [1.165, 1.54) is 35.6 Å². The standard InChI is InChI=1S/C20H16N2O5S/c1-26-18(24)12-7-8-14-15(11-12)21-20(28-16-9-10-27-19(16)25)22(17(14)23)13-5-3-2-4-6-13/h2-8,11,16H,9-10H2,1H3/t16-/m1/s1. The van der Waals surface area contributed by atoms with Crippen molar-refractivity contribution in [2.24, 2.45) is 0 Å². The number of fused-ring (bicyclic) bond motifs is 1. The number of hydrogen-bond acceptors (Lipinski definition) is 7. The smallest absolute Gasteiger partial charge is 0.337 e. The molecule has 1 fully saturated rings. The second-order valence-electron chi connectivity index (χ2n) is 6.16. The topological polar surface area (TPSA) is 87.5 Å². The molecule has 3 aromatic rings. The van der Waals surface area contributed by atoms with E-state index in [2.05, 4.69) is 4.98 Å². The Balaban J connectivity index is 1.92. The van der Waals surface area contributed by atoms with Crippen molar-refractivity contribution >= 4 is 34.6 Å². The first kappa shape index (κ1) is 18.2. The van der Waals surface area contributed by atoms with E-state index >= 15 is 0 Å². The highest BCUT2D eigenvalue weighted by Crippen LogP contribution is 2.30. The quantitative estimate of drug-likeness (QED) is 0.495. The minimum absolute atomic E-state index is 0.276. The lowest BCUT2D eigenvalue weighted by molar-refractivity contribution is -0.137. The zero-order chi connectivity index (χ0) is 19.7. The van der Waals surface area contributed by atoms with Crippen LogP contribution < -0.4 is 5.56 Å². The number of benzene rings is 2. The van der Waals surface area contributed by atoms with E-state index < -0.39 is 11.2 Å². The third-order valence-electron chi connectivity index (χ3n) is 4.41. The first-order valence-corrected chi connectivity index (χ1v) is 9.50. The number of methoxy groups -OCH3 is 1. The monoisotopic (exact) mass is 396 g/mol. The van der Waals surface area contributed by atoms with Crippen LogP contribution in [-0.4, -0.2) is 40.5 Å². The second-order valence-corrected chi connectivity index (χ2v) is 7.33. The van der Waals surface area contributed by atoms with Crippen LogP contribution in [0.15, 0.2) is 58.5 Å². The van der Waals surface area contributed by atoms with Gasteiger partial charge in [-0.1, -0.05) is 30.0 Å². The van der Waals surface area contributed by atoms with Crippen LogP contribution in [0.1, 0.15) is 16.8 Å². The number of nitrogens with zero attached hydrogens (tertiary/aromatic N) is 2. The Labute approximate surface area is 164 Å². The molecule has 0 aliphatic carbocycles. The largest absolute Gasteiger partial charge is 0.465 e. The molecule has 0 N–H and O–H groups in total. The van der Waals surface area contributed by atoms with Crippen LogP contribution >= 0.6 is 11.8 Å². The Kier molecular flexibility index (Phi) is 4.87. The number of thioether (sulfide) groups is 1. The van der Waals surface area contributed by atoms with Gasteiger partial charge in [-0.05, 0) is 30.3 Å². The number of cyclic esters (lactones) is 1. The molecule has 8 heteroatoms. The summed E-state index contributed by atoms with van der Waals surface area (Å²) in [4.78, 5) is 41.6. The molecule has 7 nitrogen and oxygen atoms in total. The maximum absolute atomic E-state index is 13.2. The minimum Gasteiger partial charge on any atom is -0.465 e. The summed E-state index contributed by atoms with van der Waals surface area (Å²) in [5, 5.41) is 0.313. The number of hydrogen-bond donors (Lipinski definition) is 0. The maximum atomic E-state index is 13.2. The Morgan fingerprint density at radius 2 is 2.00 bits per heavy atom. The van der Waals surface area contributed by atoms with Gasteiger partial charge in [0, 0.05) is 6.42 Å². The Morgan fingerprint density at radius 1 is 1.21 bits per heavy atom. The predicted octanol–water partition coefficient (Wildman–Crippen LogP) is 2.58. The molecule has 0 bridgehead atoms. The van der Waals surface area contributed by atoms with Crippen molar-refractivity contribution in [2.45, 2.75) is 16.8 Å². The van der Waals surface area contributed by atoms with Crippen molar-refractivity contribution in [1.82, 2.24) is 9.55 Å². The van der Waals surface area contributed by atoms with Gasteiger partial charge in [0.1, 0.15) is 5.25 Å². The van der Waals surface area contributed by atoms with E-state index in [1.54, 1.807) is 18.2 Å². The Hall–Kier alpha value is -3.13. The second kappa shape index (κ2) is 7.47. The normalized spacial score (nSPS) is 16.2. The van der Waals surface area contributed by atoms with Gasteiger partial charge in [0.25, 0.3) is 5.56 Å². The molecular formula is C20H16N2O5S. The van der Waals surface area contributed by atoms with Crippen molar-refractivity contribution in [3.05, 3.63) is 64.4 Å². The van der Waals surface area contributed by atoms with E-state index in [4.69, 9.17) is 9.47 Å². The van der Waals surface area contributed by atoms with Crippen LogP contribution in [0.2, 0.25) is 0 Å². The SMILES string of the molecule is COC(=O)c1ccc2c(=O)n(-c3ccccc3)c(S[C@@H]3CCOC3=O)nc2c1. The molecule has 2 aromatic carbocycles. The third-order valence-corrected chi connectivity index (χ3v) is 5.61. The fourth-order valence-electron chi connectivity index (χ4n) is 3.01. The van der Waals surface area contributed by atoms with Crippen molar-refractivity contribution < 1.29 is 19.1 Å². The van der Waals surface area contributed by atoms with E-state index in [1.807, 2.05) is 18.2 Å². The van der Waals surface area contributed by atoms with Crippen molar-refractivity contribution in [3.63, 3.8) is 0 Å². The lowest BCUT2D eigenvalue weighted by Gasteiger charge is -2.14. The molecule has 1 atom stereocenters. The summed E-state index contributed by atoms with van der Waals surface area (Å²) in [6.07, 6.45) is 0.550. The molecule has 1 aliphatic rings. The van der Waals surface area contributed by atoms with Crippen LogP contribution in [0.5, 0.6) is 0 Å². The average molecular weight is 396 g/mol. The number of esters is 2. The highest BCUT2D eigenvalue weighted by Gasteiger charge is 2.30. The number of rotatable bonds is 4. The molecule has 0 unspecified atom stereocenters. The summed E-state index contributed by atoms with van der Waals surface area (Å²) in [6.45, 7) is 0.353. The van der Waals surface area contributed by atoms with Gasteiger partial charge in [0.2, 0.25) is 0 Å². The molecule has 1 saturated heterocycles. The van der Waals surface area contributed by atoms with Gasteiger partial charge in [-0.3, -0.25) is 14.2 Å². The number of para-hydroxylation sites is 1. The van der Waals surface area contributed by atoms with Gasteiger partial charge >= 0.3 is 11.9 Å². The first-order valence-electron chi connectivity index (χ1n) is 8.62. The molecule has 1 aromatic heterocycles. The summed E-state index contributed by atoms with van der Waals surface area (Å²) in [7, 11) is 1.29. The molecule has 0 radical (unpaired) electrons. The molecule has 28 heavy (non-hydrogen) atoms. The van der Waals surface area contributed by atoms with Gasteiger partial charge in [-0.25, -0.2) is 9.78 Å². The fourth-order valence-corrected chi connectivity index (χ4v) is 4.08. The Bertz CT molecular complexity index is 1130. The number of carbonyl (C=O) groups is 2. The lowest BCUT2D eigenvalue weighted by Crippen LogP contribution is -2.23. The zero-order valence-electron chi connectivity index (χ0n) is 15.0. The Morgan fingerprint density at radius 3 is 2.68 bits per heavy atom. The van der Waals surface area contributed by atoms with Crippen molar-refractivity contribution in [2.75, 3.05) is 13.7 Å². The van der Waals surface area contributed by atoms with Crippen LogP contribution in [0.4, 0.5) is 0 Å². The molecular weight excluding hydrogens is 380 g/mol. The van der Waals surface area contributed by atoms with Crippen LogP contribution in [0.25, 0.3) is 16.6 Å². The predicted molar refractivity (Wildman–Crippen MR) is 104 cm³/mol. The average Bonchev–Trinajstić information content (AvgIpc) is 3.12. The highest BCUT2D eigenvalue weighted by atomic mass is 32.2. The van der Waals surface area contributed by atoms with E-state index in [-0.39, 0.29) is 11.5 Å². The lowest BCUT2D eigenvalue weighted by atomic mass is 10.1. The summed E-state index contributed by atoms with van der Waals surface area (Å²) in [5.74, 6) is -0.827. The number of carbonyl (C=O) groups excluding carboxylic acids is 2. The first-order chi connectivity index (χ1) is 13.6. The van der Waals surface area contributed by atoms with E-state index in [0.29, 0.717) is 40.3 Å². The van der Waals surface area contributed by atoms with Crippen LogP contribution in [-0.2, 0) is 14.3 Å². The summed E-state index contributed by atoms with van der Waals surface area (Å²) in [6, 6.07) is 13.7. The van der Waals surface area contributed by atoms with Gasteiger partial charge in [-0.2, -0.15) is 0 Å². The third kappa shape index (κ3) is 3.27. The van der Waals surface area contributed by atoms with Gasteiger partial charge < -0.3 is 9.47 Å². The summed E-state index contributed by atoms with van der Waals surface area (Å²) in [5.41, 5.74) is 1.04. The van der Waals surface area contributed by atoms with Crippen LogP contribution in [0.3, 0.4) is 0 Å². The van der Waals surface area contributed by atoms with Gasteiger partial charge in [0.15, 0.2) is 5.16 Å². The van der Waals surface area contributed by atoms with Gasteiger partial charge in [0.05, 0.1) is 35.9 Å². The van der Waals surface area contributed by atoms with E-state index in [0.717, 1.165) is 0 Å². The molecule has 4 rings (SSSR count). The maximum Gasteiger partial charge on any atom is 0.337 e. The molecule has 0 amide bonds. The minimum atomic E-state index is -0.510. The van der Waals surface area contributed by atoms with Crippen molar-refractivity contribution in [3.8, 4) is 5.69 Å². The number of aromatic nitrogens is 2. The summed E-state index contributed by atoms with van der Waals surface area (Å²) < 4.78 is 11.3. The van der Waals surface area contributed by atoms with E-state index in [9.17, 15) is 14.4 Å². The van der Waals surface area contributed by atoms with Crippen molar-refractivity contribution in [1.29, 1.82) is 0 Å². The van der Waals surface area contributed by atoms with Gasteiger partial charge in [-0.15, -0.1) is 0 Å². The molecule has 142 valence electrons. The highest BCUT2D eigenvalue weighted by molar-refractivity contribution is 8.00. The summed E-state index contributed by atoms with van der Waals surface area (Å²) >= 11 is 1.19. The molecule has 2 heterocycles. The molecule has 0 saturated carbocycles. The number of ether oxygens (including phenoxy) is 2. The zero-order valence-corrected chi connectivity index (χ0v) is 15.8.